The molecule has 1 aliphatic heterocycles. The highest BCUT2D eigenvalue weighted by molar-refractivity contribution is 5.98. The molecule has 4 nitrogen and oxygen atoms in total. The minimum absolute atomic E-state index is 0. The molecule has 0 saturated carbocycles. The van der Waals surface area contributed by atoms with E-state index in [-0.39, 0.29) is 43.0 Å². The van der Waals surface area contributed by atoms with Crippen LogP contribution in [0.4, 0.5) is 0 Å². The summed E-state index contributed by atoms with van der Waals surface area (Å²) in [4.78, 5) is 26.6. The zero-order valence-electron chi connectivity index (χ0n) is 15.2. The van der Waals surface area contributed by atoms with E-state index in [0.717, 1.165) is 32.2 Å². The normalized spacial score (nSPS) is 17.0. The summed E-state index contributed by atoms with van der Waals surface area (Å²) in [6, 6.07) is 7.99. The van der Waals surface area contributed by atoms with Crippen molar-refractivity contribution >= 4 is 24.1 Å². The number of unbranched alkanes of at least 4 members (excludes halogenated alkanes) is 1. The summed E-state index contributed by atoms with van der Waals surface area (Å²) in [6.45, 7) is 3.46. The fourth-order valence-electron chi connectivity index (χ4n) is 3.32. The molecule has 0 radical (unpaired) electrons. The molecule has 1 heterocycles. The maximum atomic E-state index is 12.4. The monoisotopic (exact) mass is 366 g/mol. The second-order valence-electron chi connectivity index (χ2n) is 6.70. The number of halogens is 1. The number of hydrogen-bond acceptors (Lipinski definition) is 3. The van der Waals surface area contributed by atoms with E-state index in [1.54, 1.807) is 0 Å². The van der Waals surface area contributed by atoms with Gasteiger partial charge >= 0.3 is 0 Å². The first kappa shape index (κ1) is 21.7. The highest BCUT2D eigenvalue weighted by atomic mass is 35.5. The van der Waals surface area contributed by atoms with Gasteiger partial charge in [0.2, 0.25) is 5.91 Å². The SMILES string of the molecule is CCCCc1ccc(C(=O)CCC(=O)N2CCCCC2CN)cc1.Cl. The summed E-state index contributed by atoms with van der Waals surface area (Å²) < 4.78 is 0. The number of hydrogen-bond donors (Lipinski definition) is 1. The molecule has 0 spiro atoms. The van der Waals surface area contributed by atoms with Crippen LogP contribution >= 0.6 is 12.4 Å². The van der Waals surface area contributed by atoms with Crippen LogP contribution in [-0.2, 0) is 11.2 Å². The van der Waals surface area contributed by atoms with Crippen molar-refractivity contribution in [2.75, 3.05) is 13.1 Å². The molecule has 140 valence electrons. The third kappa shape index (κ3) is 6.44. The zero-order chi connectivity index (χ0) is 17.4. The Labute approximate surface area is 157 Å². The Kier molecular flexibility index (Phi) is 9.76. The van der Waals surface area contributed by atoms with Gasteiger partial charge in [0.1, 0.15) is 0 Å². The number of carbonyl (C=O) groups excluding carboxylic acids is 2. The second kappa shape index (κ2) is 11.3. The lowest BCUT2D eigenvalue weighted by Gasteiger charge is -2.35. The predicted molar refractivity (Wildman–Crippen MR) is 104 cm³/mol. The number of nitrogens with two attached hydrogens (primary N) is 1. The van der Waals surface area contributed by atoms with E-state index in [4.69, 9.17) is 5.73 Å². The molecule has 1 saturated heterocycles. The van der Waals surface area contributed by atoms with Gasteiger partial charge in [0, 0.05) is 37.5 Å². The number of nitrogens with zero attached hydrogens (tertiary/aromatic N) is 1. The minimum Gasteiger partial charge on any atom is -0.338 e. The Morgan fingerprint density at radius 1 is 1.16 bits per heavy atom. The summed E-state index contributed by atoms with van der Waals surface area (Å²) in [6.07, 6.45) is 7.11. The van der Waals surface area contributed by atoms with Gasteiger partial charge < -0.3 is 10.6 Å². The van der Waals surface area contributed by atoms with Crippen LogP contribution in [0.25, 0.3) is 0 Å². The molecule has 1 amide bonds. The standard InChI is InChI=1S/C20H30N2O2.ClH/c1-2-3-6-16-8-10-17(11-9-16)19(23)12-13-20(24)22-14-5-4-7-18(22)15-21;/h8-11,18H,2-7,12-15,21H2,1H3;1H. The third-order valence-electron chi connectivity index (χ3n) is 4.88. The molecule has 0 aromatic heterocycles. The first-order valence-corrected chi connectivity index (χ1v) is 9.27. The average Bonchev–Trinajstić information content (AvgIpc) is 2.64. The van der Waals surface area contributed by atoms with E-state index in [2.05, 4.69) is 6.92 Å². The van der Waals surface area contributed by atoms with Crippen LogP contribution in [0.15, 0.2) is 24.3 Å². The number of piperidine rings is 1. The molecular weight excluding hydrogens is 336 g/mol. The van der Waals surface area contributed by atoms with Crippen LogP contribution in [0.1, 0.15) is 67.8 Å². The number of amides is 1. The molecule has 1 atom stereocenters. The molecule has 1 aromatic rings. The Morgan fingerprint density at radius 2 is 1.88 bits per heavy atom. The van der Waals surface area contributed by atoms with Crippen molar-refractivity contribution in [3.63, 3.8) is 0 Å². The molecule has 1 fully saturated rings. The molecule has 1 aliphatic rings. The second-order valence-corrected chi connectivity index (χ2v) is 6.70. The largest absolute Gasteiger partial charge is 0.338 e. The van der Waals surface area contributed by atoms with Crippen LogP contribution in [0.2, 0.25) is 0 Å². The lowest BCUT2D eigenvalue weighted by Crippen LogP contribution is -2.47. The first-order valence-electron chi connectivity index (χ1n) is 9.27. The van der Waals surface area contributed by atoms with Gasteiger partial charge in [-0.05, 0) is 37.7 Å². The fourth-order valence-corrected chi connectivity index (χ4v) is 3.32. The molecule has 2 N–H and O–H groups in total. The average molecular weight is 367 g/mol. The smallest absolute Gasteiger partial charge is 0.223 e. The van der Waals surface area contributed by atoms with Gasteiger partial charge in [-0.2, -0.15) is 0 Å². The number of benzene rings is 1. The highest BCUT2D eigenvalue weighted by Crippen LogP contribution is 2.18. The zero-order valence-corrected chi connectivity index (χ0v) is 16.0. The van der Waals surface area contributed by atoms with Crippen LogP contribution < -0.4 is 5.73 Å². The van der Waals surface area contributed by atoms with E-state index in [9.17, 15) is 9.59 Å². The Balaban J connectivity index is 0.00000312. The molecular formula is C20H31ClN2O2. The molecule has 5 heteroatoms. The topological polar surface area (TPSA) is 63.4 Å². The lowest BCUT2D eigenvalue weighted by atomic mass is 10.00. The maximum Gasteiger partial charge on any atom is 0.223 e. The van der Waals surface area contributed by atoms with Crippen molar-refractivity contribution in [2.45, 2.75) is 64.3 Å². The van der Waals surface area contributed by atoms with Gasteiger partial charge in [0.05, 0.1) is 0 Å². The van der Waals surface area contributed by atoms with Gasteiger partial charge in [-0.25, -0.2) is 0 Å². The molecule has 0 bridgehead atoms. The summed E-state index contributed by atoms with van der Waals surface area (Å²) in [5.41, 5.74) is 7.74. The quantitative estimate of drug-likeness (QED) is 0.712. The van der Waals surface area contributed by atoms with Crippen molar-refractivity contribution in [2.24, 2.45) is 5.73 Å². The lowest BCUT2D eigenvalue weighted by molar-refractivity contribution is -0.134. The maximum absolute atomic E-state index is 12.4. The Bertz CT molecular complexity index is 545. The van der Waals surface area contributed by atoms with Crippen molar-refractivity contribution in [1.29, 1.82) is 0 Å². The first-order chi connectivity index (χ1) is 11.7. The minimum atomic E-state index is 0. The van der Waals surface area contributed by atoms with Crippen LogP contribution in [0, 0.1) is 0 Å². The van der Waals surface area contributed by atoms with Gasteiger partial charge in [0.25, 0.3) is 0 Å². The predicted octanol–water partition coefficient (Wildman–Crippen LogP) is 3.75. The van der Waals surface area contributed by atoms with Crippen LogP contribution in [0.5, 0.6) is 0 Å². The van der Waals surface area contributed by atoms with E-state index in [1.165, 1.54) is 18.4 Å². The molecule has 0 aliphatic carbocycles. The van der Waals surface area contributed by atoms with Crippen molar-refractivity contribution in [1.82, 2.24) is 4.90 Å². The van der Waals surface area contributed by atoms with E-state index in [1.807, 2.05) is 29.2 Å². The summed E-state index contributed by atoms with van der Waals surface area (Å²) in [5.74, 6) is 0.116. The number of aryl methyl sites for hydroxylation is 1. The number of ketones is 1. The summed E-state index contributed by atoms with van der Waals surface area (Å²) in [7, 11) is 0. The third-order valence-corrected chi connectivity index (χ3v) is 4.88. The van der Waals surface area contributed by atoms with Gasteiger partial charge in [-0.3, -0.25) is 9.59 Å². The van der Waals surface area contributed by atoms with Crippen molar-refractivity contribution in [3.05, 3.63) is 35.4 Å². The number of likely N-dealkylation sites (tertiary alicyclic amines) is 1. The summed E-state index contributed by atoms with van der Waals surface area (Å²) >= 11 is 0. The molecule has 1 aromatic carbocycles. The fraction of sp³-hybridized carbons (Fsp3) is 0.600. The van der Waals surface area contributed by atoms with E-state index >= 15 is 0 Å². The van der Waals surface area contributed by atoms with Crippen LogP contribution in [0.3, 0.4) is 0 Å². The van der Waals surface area contributed by atoms with E-state index < -0.39 is 0 Å². The number of carbonyl (C=O) groups is 2. The number of rotatable bonds is 8. The highest BCUT2D eigenvalue weighted by Gasteiger charge is 2.25. The van der Waals surface area contributed by atoms with Gasteiger partial charge in [-0.15, -0.1) is 12.4 Å². The van der Waals surface area contributed by atoms with Crippen LogP contribution in [-0.4, -0.2) is 35.7 Å². The van der Waals surface area contributed by atoms with Gasteiger partial charge in [0.15, 0.2) is 5.78 Å². The Morgan fingerprint density at radius 3 is 2.52 bits per heavy atom. The van der Waals surface area contributed by atoms with E-state index in [0.29, 0.717) is 12.1 Å². The molecule has 2 rings (SSSR count). The molecule has 1 unspecified atom stereocenters. The summed E-state index contributed by atoms with van der Waals surface area (Å²) in [5, 5.41) is 0. The number of Topliss-reactive ketones (excluding diaryl/α,β-unsaturated/α-hetero) is 1. The van der Waals surface area contributed by atoms with Gasteiger partial charge in [-0.1, -0.05) is 37.6 Å². The van der Waals surface area contributed by atoms with Crippen molar-refractivity contribution < 1.29 is 9.59 Å². The Hall–Kier alpha value is -1.39. The van der Waals surface area contributed by atoms with Crippen molar-refractivity contribution in [3.8, 4) is 0 Å². The molecule has 25 heavy (non-hydrogen) atoms.